The molecule has 0 saturated carbocycles. The van der Waals surface area contributed by atoms with Gasteiger partial charge >= 0.3 is 0 Å². The van der Waals surface area contributed by atoms with Crippen LogP contribution in [-0.4, -0.2) is 40.4 Å². The molecule has 1 fully saturated rings. The lowest BCUT2D eigenvalue weighted by molar-refractivity contribution is 0.167. The van der Waals surface area contributed by atoms with Crippen molar-refractivity contribution in [1.29, 1.82) is 0 Å². The first kappa shape index (κ1) is 13.8. The molecule has 0 bridgehead atoms. The molecule has 18 heavy (non-hydrogen) atoms. The molecule has 2 rings (SSSR count). The summed E-state index contributed by atoms with van der Waals surface area (Å²) < 4.78 is 1.88. The van der Waals surface area contributed by atoms with E-state index >= 15 is 0 Å². The maximum atomic E-state index is 6.25. The van der Waals surface area contributed by atoms with E-state index in [-0.39, 0.29) is 0 Å². The Morgan fingerprint density at radius 3 is 2.72 bits per heavy atom. The van der Waals surface area contributed by atoms with Crippen LogP contribution in [0.15, 0.2) is 0 Å². The van der Waals surface area contributed by atoms with Gasteiger partial charge in [-0.3, -0.25) is 4.68 Å². The third kappa shape index (κ3) is 2.87. The van der Waals surface area contributed by atoms with Gasteiger partial charge in [-0.05, 0) is 40.3 Å². The molecule has 5 heteroatoms. The highest BCUT2D eigenvalue weighted by molar-refractivity contribution is 6.31. The van der Waals surface area contributed by atoms with Crippen molar-refractivity contribution in [3.8, 4) is 0 Å². The normalized spacial score (nSPS) is 25.6. The lowest BCUT2D eigenvalue weighted by Crippen LogP contribution is -2.45. The van der Waals surface area contributed by atoms with E-state index in [1.165, 1.54) is 12.8 Å². The van der Waals surface area contributed by atoms with Crippen LogP contribution in [0.1, 0.15) is 31.2 Å². The van der Waals surface area contributed by atoms with Crippen LogP contribution < -0.4 is 5.32 Å². The highest BCUT2D eigenvalue weighted by Crippen LogP contribution is 2.20. The van der Waals surface area contributed by atoms with Crippen LogP contribution in [0.3, 0.4) is 0 Å². The number of likely N-dealkylation sites (tertiary alicyclic amines) is 1. The van der Waals surface area contributed by atoms with E-state index in [9.17, 15) is 0 Å². The van der Waals surface area contributed by atoms with Crippen molar-refractivity contribution in [3.05, 3.63) is 16.4 Å². The largest absolute Gasteiger partial charge is 0.308 e. The van der Waals surface area contributed by atoms with E-state index < -0.39 is 0 Å². The van der Waals surface area contributed by atoms with Crippen molar-refractivity contribution in [2.45, 2.75) is 45.3 Å². The Hall–Kier alpha value is -0.580. The fraction of sp³-hybridized carbons (Fsp3) is 0.769. The summed E-state index contributed by atoms with van der Waals surface area (Å²) in [4.78, 5) is 2.42. The summed E-state index contributed by atoms with van der Waals surface area (Å²) in [6, 6.07) is 1.24. The molecule has 1 aliphatic heterocycles. The van der Waals surface area contributed by atoms with Gasteiger partial charge in [-0.1, -0.05) is 11.6 Å². The number of piperidine rings is 1. The van der Waals surface area contributed by atoms with Gasteiger partial charge in [0.1, 0.15) is 0 Å². The SMILES string of the molecule is Cc1nn(C)c(CNC2CCN(C)C(C)C2)c1Cl. The van der Waals surface area contributed by atoms with Crippen molar-refractivity contribution < 1.29 is 0 Å². The lowest BCUT2D eigenvalue weighted by Gasteiger charge is -2.35. The third-order valence-electron chi connectivity index (χ3n) is 4.03. The molecular weight excluding hydrogens is 248 g/mol. The van der Waals surface area contributed by atoms with E-state index in [2.05, 4.69) is 29.3 Å². The second kappa shape index (κ2) is 5.59. The van der Waals surface area contributed by atoms with Gasteiger partial charge < -0.3 is 10.2 Å². The van der Waals surface area contributed by atoms with Crippen LogP contribution in [-0.2, 0) is 13.6 Å². The average Bonchev–Trinajstić information content (AvgIpc) is 2.56. The van der Waals surface area contributed by atoms with Crippen LogP contribution in [0.25, 0.3) is 0 Å². The minimum Gasteiger partial charge on any atom is -0.308 e. The van der Waals surface area contributed by atoms with Gasteiger partial charge in [0.05, 0.1) is 16.4 Å². The smallest absolute Gasteiger partial charge is 0.0860 e. The van der Waals surface area contributed by atoms with Gasteiger partial charge in [0, 0.05) is 25.7 Å². The zero-order chi connectivity index (χ0) is 13.3. The van der Waals surface area contributed by atoms with Gasteiger partial charge in [0.15, 0.2) is 0 Å². The molecule has 2 heterocycles. The summed E-state index contributed by atoms with van der Waals surface area (Å²) in [5.74, 6) is 0. The van der Waals surface area contributed by atoms with Gasteiger partial charge in [-0.15, -0.1) is 0 Å². The van der Waals surface area contributed by atoms with Crippen molar-refractivity contribution in [2.24, 2.45) is 7.05 Å². The minimum atomic E-state index is 0.586. The summed E-state index contributed by atoms with van der Waals surface area (Å²) in [7, 11) is 4.15. The molecule has 1 saturated heterocycles. The molecule has 1 N–H and O–H groups in total. The number of nitrogens with zero attached hydrogens (tertiary/aromatic N) is 3. The molecule has 1 aliphatic rings. The first-order valence-electron chi connectivity index (χ1n) is 6.60. The summed E-state index contributed by atoms with van der Waals surface area (Å²) in [5.41, 5.74) is 1.99. The number of nitrogens with one attached hydrogen (secondary N) is 1. The first-order chi connectivity index (χ1) is 8.49. The third-order valence-corrected chi connectivity index (χ3v) is 4.52. The quantitative estimate of drug-likeness (QED) is 0.912. The fourth-order valence-electron chi connectivity index (χ4n) is 2.59. The summed E-state index contributed by atoms with van der Waals surface area (Å²) in [6.07, 6.45) is 2.40. The molecule has 1 aromatic rings. The molecule has 102 valence electrons. The van der Waals surface area contributed by atoms with E-state index in [0.717, 1.165) is 29.5 Å². The molecule has 1 aromatic heterocycles. The Morgan fingerprint density at radius 2 is 2.17 bits per heavy atom. The fourth-order valence-corrected chi connectivity index (χ4v) is 2.81. The van der Waals surface area contributed by atoms with Crippen molar-refractivity contribution in [3.63, 3.8) is 0 Å². The standard InChI is InChI=1S/C13H23ClN4/c1-9-7-11(5-6-17(9)3)15-8-12-13(14)10(2)16-18(12)4/h9,11,15H,5-8H2,1-4H3. The molecule has 0 aliphatic carbocycles. The summed E-state index contributed by atoms with van der Waals surface area (Å²) in [5, 5.41) is 8.75. The zero-order valence-electron chi connectivity index (χ0n) is 11.7. The van der Waals surface area contributed by atoms with Crippen molar-refractivity contribution >= 4 is 11.6 Å². The second-order valence-electron chi connectivity index (χ2n) is 5.40. The Bertz CT molecular complexity index is 415. The zero-order valence-corrected chi connectivity index (χ0v) is 12.5. The predicted octanol–water partition coefficient (Wildman–Crippen LogP) is 1.95. The first-order valence-corrected chi connectivity index (χ1v) is 6.98. The molecule has 0 amide bonds. The number of aryl methyl sites for hydroxylation is 2. The number of hydrogen-bond acceptors (Lipinski definition) is 3. The van der Waals surface area contributed by atoms with Gasteiger partial charge in [0.2, 0.25) is 0 Å². The number of hydrogen-bond donors (Lipinski definition) is 1. The van der Waals surface area contributed by atoms with Crippen LogP contribution in [0.2, 0.25) is 5.02 Å². The maximum absolute atomic E-state index is 6.25. The number of halogens is 1. The molecule has 2 atom stereocenters. The summed E-state index contributed by atoms with van der Waals surface area (Å²) in [6.45, 7) is 6.20. The average molecular weight is 271 g/mol. The van der Waals surface area contributed by atoms with Gasteiger partial charge in [-0.25, -0.2) is 0 Å². The Kier molecular flexibility index (Phi) is 4.30. The van der Waals surface area contributed by atoms with E-state index in [1.807, 2.05) is 18.7 Å². The van der Waals surface area contributed by atoms with Crippen LogP contribution in [0.4, 0.5) is 0 Å². The molecule has 2 unspecified atom stereocenters. The Morgan fingerprint density at radius 1 is 1.44 bits per heavy atom. The van der Waals surface area contributed by atoms with E-state index in [4.69, 9.17) is 11.6 Å². The minimum absolute atomic E-state index is 0.586. The van der Waals surface area contributed by atoms with Crippen LogP contribution in [0.5, 0.6) is 0 Å². The van der Waals surface area contributed by atoms with Crippen molar-refractivity contribution in [2.75, 3.05) is 13.6 Å². The second-order valence-corrected chi connectivity index (χ2v) is 5.78. The molecule has 4 nitrogen and oxygen atoms in total. The highest BCUT2D eigenvalue weighted by Gasteiger charge is 2.23. The molecule has 0 spiro atoms. The maximum Gasteiger partial charge on any atom is 0.0860 e. The summed E-state index contributed by atoms with van der Waals surface area (Å²) >= 11 is 6.25. The topological polar surface area (TPSA) is 33.1 Å². The highest BCUT2D eigenvalue weighted by atomic mass is 35.5. The van der Waals surface area contributed by atoms with Crippen LogP contribution in [0, 0.1) is 6.92 Å². The Balaban J connectivity index is 1.92. The van der Waals surface area contributed by atoms with E-state index in [1.54, 1.807) is 0 Å². The van der Waals surface area contributed by atoms with Gasteiger partial charge in [-0.2, -0.15) is 5.10 Å². The molecule has 0 aromatic carbocycles. The number of rotatable bonds is 3. The van der Waals surface area contributed by atoms with Crippen molar-refractivity contribution in [1.82, 2.24) is 20.0 Å². The van der Waals surface area contributed by atoms with E-state index in [0.29, 0.717) is 12.1 Å². The lowest BCUT2D eigenvalue weighted by atomic mass is 9.99. The molecule has 0 radical (unpaired) electrons. The molecular formula is C13H23ClN4. The Labute approximate surface area is 114 Å². The monoisotopic (exact) mass is 270 g/mol. The number of aromatic nitrogens is 2. The predicted molar refractivity (Wildman–Crippen MR) is 74.9 cm³/mol. The van der Waals surface area contributed by atoms with Crippen LogP contribution >= 0.6 is 11.6 Å². The van der Waals surface area contributed by atoms with Gasteiger partial charge in [0.25, 0.3) is 0 Å².